The van der Waals surface area contributed by atoms with Crippen LogP contribution in [0.5, 0.6) is 5.75 Å². The number of piperidine rings is 1. The van der Waals surface area contributed by atoms with Gasteiger partial charge in [0.2, 0.25) is 0 Å². The molecule has 1 aliphatic rings. The lowest BCUT2D eigenvalue weighted by Crippen LogP contribution is -2.42. The highest BCUT2D eigenvalue weighted by molar-refractivity contribution is 5.89. The van der Waals surface area contributed by atoms with E-state index in [1.54, 1.807) is 17.9 Å². The molecular weight excluding hydrogens is 423 g/mol. The third kappa shape index (κ3) is 6.77. The summed E-state index contributed by atoms with van der Waals surface area (Å²) in [7, 11) is 0. The lowest BCUT2D eigenvalue weighted by atomic mass is 9.91. The number of hydrogen-bond donors (Lipinski definition) is 1. The number of carbonyl (C=O) groups is 1. The molecule has 1 aliphatic heterocycles. The summed E-state index contributed by atoms with van der Waals surface area (Å²) < 4.78 is 48.0. The quantitative estimate of drug-likeness (QED) is 0.593. The molecule has 2 heterocycles. The maximum Gasteiger partial charge on any atom is 0.389 e. The van der Waals surface area contributed by atoms with Crippen molar-refractivity contribution in [3.63, 3.8) is 0 Å². The fraction of sp³-hybridized carbons (Fsp3) is 0.478. The second-order valence-corrected chi connectivity index (χ2v) is 8.35. The Labute approximate surface area is 185 Å². The van der Waals surface area contributed by atoms with E-state index in [1.807, 2.05) is 18.2 Å². The molecule has 32 heavy (non-hydrogen) atoms. The van der Waals surface area contributed by atoms with Gasteiger partial charge in [-0.1, -0.05) is 42.8 Å². The Balaban J connectivity index is 1.56. The molecular formula is C23H28F3N3O3. The van der Waals surface area contributed by atoms with Crippen molar-refractivity contribution in [2.75, 3.05) is 25.0 Å². The van der Waals surface area contributed by atoms with Gasteiger partial charge in [0.1, 0.15) is 11.4 Å². The average molecular weight is 451 g/mol. The predicted octanol–water partition coefficient (Wildman–Crippen LogP) is 5.91. The Morgan fingerprint density at radius 3 is 2.88 bits per heavy atom. The largest absolute Gasteiger partial charge is 0.493 e. The second-order valence-electron chi connectivity index (χ2n) is 8.35. The minimum Gasteiger partial charge on any atom is -0.493 e. The molecule has 1 aromatic heterocycles. The third-order valence-electron chi connectivity index (χ3n) is 5.40. The zero-order valence-electron chi connectivity index (χ0n) is 18.4. The van der Waals surface area contributed by atoms with Crippen LogP contribution in [0.2, 0.25) is 0 Å². The highest BCUT2D eigenvalue weighted by atomic mass is 19.4. The van der Waals surface area contributed by atoms with Crippen molar-refractivity contribution in [3.8, 4) is 5.75 Å². The number of halogens is 3. The van der Waals surface area contributed by atoms with Gasteiger partial charge in [-0.05, 0) is 42.9 Å². The van der Waals surface area contributed by atoms with Gasteiger partial charge >= 0.3 is 12.2 Å². The molecule has 174 valence electrons. The van der Waals surface area contributed by atoms with Crippen molar-refractivity contribution in [3.05, 3.63) is 47.4 Å². The Morgan fingerprint density at radius 1 is 1.44 bits per heavy atom. The van der Waals surface area contributed by atoms with E-state index in [4.69, 9.17) is 9.26 Å². The summed E-state index contributed by atoms with van der Waals surface area (Å²) in [5.74, 6) is 0.643. The van der Waals surface area contributed by atoms with E-state index in [0.717, 1.165) is 12.0 Å². The van der Waals surface area contributed by atoms with Crippen LogP contribution >= 0.6 is 0 Å². The van der Waals surface area contributed by atoms with Crippen LogP contribution in [0.3, 0.4) is 0 Å². The van der Waals surface area contributed by atoms with E-state index in [0.29, 0.717) is 30.3 Å². The summed E-state index contributed by atoms with van der Waals surface area (Å²) in [6, 6.07) is 7.13. The number of likely N-dealkylation sites (tertiary alicyclic amines) is 1. The fourth-order valence-electron chi connectivity index (χ4n) is 3.66. The molecule has 9 heteroatoms. The van der Waals surface area contributed by atoms with Crippen molar-refractivity contribution >= 4 is 17.8 Å². The number of urea groups is 1. The highest BCUT2D eigenvalue weighted by Crippen LogP contribution is 2.28. The SMILES string of the molecule is Cc1oncc1NC(=O)N1CCC(=Cc2cccc(OCC(C)CC(F)(F)F)c2)C(C)C1. The minimum absolute atomic E-state index is 0.00562. The number of aromatic nitrogens is 1. The number of ether oxygens (including phenoxy) is 1. The van der Waals surface area contributed by atoms with E-state index in [1.165, 1.54) is 18.7 Å². The van der Waals surface area contributed by atoms with Crippen LogP contribution in [0, 0.1) is 18.8 Å². The van der Waals surface area contributed by atoms with Gasteiger partial charge in [0.15, 0.2) is 5.76 Å². The van der Waals surface area contributed by atoms with Crippen LogP contribution in [0.4, 0.5) is 23.7 Å². The van der Waals surface area contributed by atoms with Crippen LogP contribution in [-0.4, -0.2) is 42.0 Å². The van der Waals surface area contributed by atoms with E-state index in [9.17, 15) is 18.0 Å². The van der Waals surface area contributed by atoms with E-state index < -0.39 is 18.5 Å². The van der Waals surface area contributed by atoms with Gasteiger partial charge in [0.05, 0.1) is 12.8 Å². The van der Waals surface area contributed by atoms with Crippen molar-refractivity contribution < 1.29 is 27.2 Å². The number of nitrogens with one attached hydrogen (secondary N) is 1. The fourth-order valence-corrected chi connectivity index (χ4v) is 3.66. The second kappa shape index (κ2) is 10.1. The Bertz CT molecular complexity index is 955. The Kier molecular flexibility index (Phi) is 7.48. The number of rotatable bonds is 6. The molecule has 1 saturated heterocycles. The zero-order valence-corrected chi connectivity index (χ0v) is 18.4. The van der Waals surface area contributed by atoms with E-state index in [2.05, 4.69) is 23.5 Å². The third-order valence-corrected chi connectivity index (χ3v) is 5.40. The van der Waals surface area contributed by atoms with Gasteiger partial charge in [-0.3, -0.25) is 0 Å². The first-order valence-electron chi connectivity index (χ1n) is 10.6. The molecule has 3 rings (SSSR count). The van der Waals surface area contributed by atoms with Crippen molar-refractivity contribution in [1.29, 1.82) is 0 Å². The standard InChI is InChI=1S/C23H28F3N3O3/c1-15(11-23(24,25)26)14-31-20-6-4-5-18(10-20)9-19-7-8-29(13-16(19)2)22(30)28-21-12-27-32-17(21)3/h4-6,9-10,12,15-16H,7-8,11,13-14H2,1-3H3,(H,28,30). The molecule has 2 unspecified atom stereocenters. The van der Waals surface area contributed by atoms with Crippen molar-refractivity contribution in [2.24, 2.45) is 11.8 Å². The molecule has 0 radical (unpaired) electrons. The summed E-state index contributed by atoms with van der Waals surface area (Å²) in [6.45, 7) is 6.48. The highest BCUT2D eigenvalue weighted by Gasteiger charge is 2.30. The number of aryl methyl sites for hydroxylation is 1. The predicted molar refractivity (Wildman–Crippen MR) is 115 cm³/mol. The first kappa shape index (κ1) is 23.7. The van der Waals surface area contributed by atoms with Gasteiger partial charge in [0, 0.05) is 19.5 Å². The maximum absolute atomic E-state index is 12.5. The lowest BCUT2D eigenvalue weighted by molar-refractivity contribution is -0.145. The molecule has 1 N–H and O–H groups in total. The van der Waals surface area contributed by atoms with Gasteiger partial charge < -0.3 is 19.5 Å². The average Bonchev–Trinajstić information content (AvgIpc) is 3.11. The monoisotopic (exact) mass is 451 g/mol. The topological polar surface area (TPSA) is 67.6 Å². The molecule has 0 spiro atoms. The number of carbonyl (C=O) groups excluding carboxylic acids is 1. The van der Waals surface area contributed by atoms with Gasteiger partial charge in [-0.2, -0.15) is 13.2 Å². The van der Waals surface area contributed by atoms with E-state index >= 15 is 0 Å². The lowest BCUT2D eigenvalue weighted by Gasteiger charge is -2.33. The molecule has 6 nitrogen and oxygen atoms in total. The maximum atomic E-state index is 12.5. The molecule has 0 saturated carbocycles. The first-order valence-corrected chi connectivity index (χ1v) is 10.6. The molecule has 0 aliphatic carbocycles. The first-order chi connectivity index (χ1) is 15.1. The molecule has 1 aromatic carbocycles. The molecule has 0 bridgehead atoms. The summed E-state index contributed by atoms with van der Waals surface area (Å²) in [5.41, 5.74) is 2.69. The van der Waals surface area contributed by atoms with Gasteiger partial charge in [-0.25, -0.2) is 4.79 Å². The van der Waals surface area contributed by atoms with Crippen LogP contribution in [-0.2, 0) is 0 Å². The number of amides is 2. The molecule has 1 fully saturated rings. The van der Waals surface area contributed by atoms with Crippen molar-refractivity contribution in [2.45, 2.75) is 39.8 Å². The molecule has 2 atom stereocenters. The smallest absolute Gasteiger partial charge is 0.389 e. The van der Waals surface area contributed by atoms with Crippen LogP contribution in [0.25, 0.3) is 6.08 Å². The van der Waals surface area contributed by atoms with E-state index in [-0.39, 0.29) is 18.6 Å². The molecule has 2 aromatic rings. The normalized spacial score (nSPS) is 19.1. The Morgan fingerprint density at radius 2 is 2.22 bits per heavy atom. The van der Waals surface area contributed by atoms with Crippen LogP contribution < -0.4 is 10.1 Å². The number of alkyl halides is 3. The van der Waals surface area contributed by atoms with Gasteiger partial charge in [0.25, 0.3) is 0 Å². The summed E-state index contributed by atoms with van der Waals surface area (Å²) >= 11 is 0. The van der Waals surface area contributed by atoms with Crippen LogP contribution in [0.1, 0.15) is 38.0 Å². The summed E-state index contributed by atoms with van der Waals surface area (Å²) in [5, 5.41) is 6.48. The number of anilines is 1. The zero-order chi connectivity index (χ0) is 23.3. The van der Waals surface area contributed by atoms with Crippen LogP contribution in [0.15, 0.2) is 40.6 Å². The number of benzene rings is 1. The minimum atomic E-state index is -4.19. The van der Waals surface area contributed by atoms with Crippen molar-refractivity contribution in [1.82, 2.24) is 10.1 Å². The molecule has 2 amide bonds. The summed E-state index contributed by atoms with van der Waals surface area (Å²) in [6.07, 6.45) is -0.786. The number of nitrogens with zero attached hydrogens (tertiary/aromatic N) is 2. The van der Waals surface area contributed by atoms with Gasteiger partial charge in [-0.15, -0.1) is 0 Å². The summed E-state index contributed by atoms with van der Waals surface area (Å²) in [4.78, 5) is 14.3. The Hall–Kier alpha value is -2.97. The number of hydrogen-bond acceptors (Lipinski definition) is 4.